The fraction of sp³-hybridized carbons (Fsp3) is 0.176. The van der Waals surface area contributed by atoms with Crippen molar-refractivity contribution < 1.29 is 23.8 Å². The summed E-state index contributed by atoms with van der Waals surface area (Å²) in [7, 11) is 0. The third-order valence-electron chi connectivity index (χ3n) is 3.57. The second-order valence-electron chi connectivity index (χ2n) is 5.08. The Labute approximate surface area is 137 Å². The molecule has 124 valence electrons. The standard InChI is InChI=1S/C17H16N2O5/c1-2-23-10-5-6-13-11(8-10)12(15(19-13)17(21)22)9-18-16(20)14-4-3-7-24-14/h3-8,19H,2,9H2,1H3,(H,18,20)(H,21,22). The zero-order valence-electron chi connectivity index (χ0n) is 13.0. The predicted molar refractivity (Wildman–Crippen MR) is 86.3 cm³/mol. The number of carbonyl (C=O) groups excluding carboxylic acids is 1. The molecule has 1 amide bonds. The molecule has 0 spiro atoms. The highest BCUT2D eigenvalue weighted by Crippen LogP contribution is 2.27. The fourth-order valence-electron chi connectivity index (χ4n) is 2.51. The summed E-state index contributed by atoms with van der Waals surface area (Å²) in [6, 6.07) is 8.42. The summed E-state index contributed by atoms with van der Waals surface area (Å²) >= 11 is 0. The molecule has 7 heteroatoms. The predicted octanol–water partition coefficient (Wildman–Crippen LogP) is 2.79. The van der Waals surface area contributed by atoms with Gasteiger partial charge in [0.2, 0.25) is 0 Å². The third kappa shape index (κ3) is 2.96. The van der Waals surface area contributed by atoms with Crippen molar-refractivity contribution in [3.05, 3.63) is 53.6 Å². The molecule has 24 heavy (non-hydrogen) atoms. The van der Waals surface area contributed by atoms with Crippen molar-refractivity contribution in [2.75, 3.05) is 6.61 Å². The molecule has 2 aromatic heterocycles. The number of carboxylic acid groups (broad SMARTS) is 1. The molecule has 3 rings (SSSR count). The van der Waals surface area contributed by atoms with Crippen LogP contribution in [0.3, 0.4) is 0 Å². The number of hydrogen-bond donors (Lipinski definition) is 3. The zero-order valence-corrected chi connectivity index (χ0v) is 13.0. The van der Waals surface area contributed by atoms with E-state index in [2.05, 4.69) is 10.3 Å². The van der Waals surface area contributed by atoms with E-state index < -0.39 is 11.9 Å². The second-order valence-corrected chi connectivity index (χ2v) is 5.08. The molecule has 0 bridgehead atoms. The van der Waals surface area contributed by atoms with Gasteiger partial charge in [0.1, 0.15) is 11.4 Å². The number of carboxylic acids is 1. The minimum Gasteiger partial charge on any atom is -0.494 e. The van der Waals surface area contributed by atoms with Gasteiger partial charge in [-0.05, 0) is 37.3 Å². The topological polar surface area (TPSA) is 105 Å². The number of ether oxygens (including phenoxy) is 1. The molecule has 0 aliphatic rings. The van der Waals surface area contributed by atoms with Crippen molar-refractivity contribution in [3.8, 4) is 5.75 Å². The maximum atomic E-state index is 12.0. The Bertz CT molecular complexity index is 880. The summed E-state index contributed by atoms with van der Waals surface area (Å²) < 4.78 is 10.5. The van der Waals surface area contributed by atoms with E-state index in [-0.39, 0.29) is 18.0 Å². The number of furan rings is 1. The molecular formula is C17H16N2O5. The van der Waals surface area contributed by atoms with E-state index in [4.69, 9.17) is 9.15 Å². The number of fused-ring (bicyclic) bond motifs is 1. The highest BCUT2D eigenvalue weighted by molar-refractivity contribution is 5.98. The van der Waals surface area contributed by atoms with Crippen LogP contribution in [0.15, 0.2) is 41.0 Å². The third-order valence-corrected chi connectivity index (χ3v) is 3.57. The van der Waals surface area contributed by atoms with Crippen molar-refractivity contribution in [3.63, 3.8) is 0 Å². The van der Waals surface area contributed by atoms with Crippen molar-refractivity contribution in [1.29, 1.82) is 0 Å². The molecule has 7 nitrogen and oxygen atoms in total. The molecule has 2 heterocycles. The van der Waals surface area contributed by atoms with Crippen LogP contribution in [0.5, 0.6) is 5.75 Å². The molecule has 3 N–H and O–H groups in total. The average Bonchev–Trinajstić information content (AvgIpc) is 3.20. The van der Waals surface area contributed by atoms with Crippen LogP contribution in [-0.4, -0.2) is 28.6 Å². The van der Waals surface area contributed by atoms with Gasteiger partial charge in [0.15, 0.2) is 5.76 Å². The van der Waals surface area contributed by atoms with Gasteiger partial charge in [-0.15, -0.1) is 0 Å². The number of aromatic nitrogens is 1. The average molecular weight is 328 g/mol. The molecule has 0 atom stereocenters. The number of benzene rings is 1. The number of rotatable bonds is 6. The van der Waals surface area contributed by atoms with E-state index in [9.17, 15) is 14.7 Å². The summed E-state index contributed by atoms with van der Waals surface area (Å²) in [5.41, 5.74) is 1.19. The van der Waals surface area contributed by atoms with Crippen LogP contribution >= 0.6 is 0 Å². The van der Waals surface area contributed by atoms with E-state index in [0.717, 1.165) is 0 Å². The van der Waals surface area contributed by atoms with E-state index in [1.807, 2.05) is 6.92 Å². The maximum Gasteiger partial charge on any atom is 0.352 e. The Kier molecular flexibility index (Phi) is 4.24. The summed E-state index contributed by atoms with van der Waals surface area (Å²) in [5, 5.41) is 12.8. The fourth-order valence-corrected chi connectivity index (χ4v) is 2.51. The first kappa shape index (κ1) is 15.7. The van der Waals surface area contributed by atoms with Crippen LogP contribution in [0, 0.1) is 0 Å². The number of carbonyl (C=O) groups is 2. The molecule has 0 fully saturated rings. The van der Waals surface area contributed by atoms with Crippen LogP contribution in [0.4, 0.5) is 0 Å². The molecule has 0 aliphatic heterocycles. The van der Waals surface area contributed by atoms with Gasteiger partial charge in [-0.1, -0.05) is 0 Å². The lowest BCUT2D eigenvalue weighted by Crippen LogP contribution is -2.23. The minimum absolute atomic E-state index is 0.0402. The summed E-state index contributed by atoms with van der Waals surface area (Å²) in [5.74, 6) is -0.695. The van der Waals surface area contributed by atoms with Gasteiger partial charge in [-0.2, -0.15) is 0 Å². The van der Waals surface area contributed by atoms with Gasteiger partial charge in [0, 0.05) is 23.0 Å². The molecule has 0 unspecified atom stereocenters. The largest absolute Gasteiger partial charge is 0.494 e. The zero-order chi connectivity index (χ0) is 17.1. The number of aromatic amines is 1. The van der Waals surface area contributed by atoms with E-state index in [1.165, 1.54) is 12.3 Å². The Morgan fingerprint density at radius 2 is 2.17 bits per heavy atom. The first-order valence-electron chi connectivity index (χ1n) is 7.42. The Balaban J connectivity index is 1.94. The van der Waals surface area contributed by atoms with Crippen LogP contribution in [0.25, 0.3) is 10.9 Å². The lowest BCUT2D eigenvalue weighted by molar-refractivity contribution is 0.0689. The van der Waals surface area contributed by atoms with Crippen LogP contribution < -0.4 is 10.1 Å². The second kappa shape index (κ2) is 6.49. The number of aromatic carboxylic acids is 1. The molecular weight excluding hydrogens is 312 g/mol. The van der Waals surface area contributed by atoms with Crippen molar-refractivity contribution in [2.24, 2.45) is 0 Å². The first-order valence-corrected chi connectivity index (χ1v) is 7.42. The molecule has 0 radical (unpaired) electrons. The van der Waals surface area contributed by atoms with Crippen molar-refractivity contribution in [1.82, 2.24) is 10.3 Å². The van der Waals surface area contributed by atoms with E-state index in [0.29, 0.717) is 28.8 Å². The van der Waals surface area contributed by atoms with Gasteiger partial charge in [-0.3, -0.25) is 4.79 Å². The van der Waals surface area contributed by atoms with Gasteiger partial charge in [0.05, 0.1) is 12.9 Å². The summed E-state index contributed by atoms with van der Waals surface area (Å²) in [6.07, 6.45) is 1.40. The Morgan fingerprint density at radius 1 is 1.33 bits per heavy atom. The smallest absolute Gasteiger partial charge is 0.352 e. The number of H-pyrrole nitrogens is 1. The number of nitrogens with one attached hydrogen (secondary N) is 2. The summed E-state index contributed by atoms with van der Waals surface area (Å²) in [4.78, 5) is 26.3. The van der Waals surface area contributed by atoms with E-state index >= 15 is 0 Å². The van der Waals surface area contributed by atoms with Crippen molar-refractivity contribution >= 4 is 22.8 Å². The number of hydrogen-bond acceptors (Lipinski definition) is 4. The van der Waals surface area contributed by atoms with Gasteiger partial charge in [-0.25, -0.2) is 4.79 Å². The van der Waals surface area contributed by atoms with Crippen LogP contribution in [0.2, 0.25) is 0 Å². The lowest BCUT2D eigenvalue weighted by Gasteiger charge is -2.06. The maximum absolute atomic E-state index is 12.0. The van der Waals surface area contributed by atoms with Gasteiger partial charge < -0.3 is 24.6 Å². The molecule has 0 saturated carbocycles. The van der Waals surface area contributed by atoms with Gasteiger partial charge >= 0.3 is 5.97 Å². The first-order chi connectivity index (χ1) is 11.6. The minimum atomic E-state index is -1.09. The Morgan fingerprint density at radius 3 is 2.83 bits per heavy atom. The normalized spacial score (nSPS) is 10.7. The molecule has 0 saturated heterocycles. The quantitative estimate of drug-likeness (QED) is 0.645. The Hall–Kier alpha value is -3.22. The van der Waals surface area contributed by atoms with Crippen LogP contribution in [-0.2, 0) is 6.54 Å². The highest BCUT2D eigenvalue weighted by atomic mass is 16.5. The lowest BCUT2D eigenvalue weighted by atomic mass is 10.1. The van der Waals surface area contributed by atoms with E-state index in [1.54, 1.807) is 24.3 Å². The monoisotopic (exact) mass is 328 g/mol. The molecule has 1 aromatic carbocycles. The number of amides is 1. The van der Waals surface area contributed by atoms with Crippen LogP contribution in [0.1, 0.15) is 33.5 Å². The van der Waals surface area contributed by atoms with Crippen molar-refractivity contribution in [2.45, 2.75) is 13.5 Å². The molecule has 0 aliphatic carbocycles. The van der Waals surface area contributed by atoms with Gasteiger partial charge in [0.25, 0.3) is 5.91 Å². The molecule has 3 aromatic rings. The highest BCUT2D eigenvalue weighted by Gasteiger charge is 2.19. The SMILES string of the molecule is CCOc1ccc2[nH]c(C(=O)O)c(CNC(=O)c3ccco3)c2c1. The summed E-state index contributed by atoms with van der Waals surface area (Å²) in [6.45, 7) is 2.43.